The summed E-state index contributed by atoms with van der Waals surface area (Å²) in [5.41, 5.74) is 0.949. The third-order valence-electron chi connectivity index (χ3n) is 2.74. The molecule has 20 heavy (non-hydrogen) atoms. The fraction of sp³-hybridized carbons (Fsp3) is 0.176. The van der Waals surface area contributed by atoms with Crippen molar-refractivity contribution in [3.63, 3.8) is 0 Å². The summed E-state index contributed by atoms with van der Waals surface area (Å²) in [6.07, 6.45) is 2.10. The average Bonchev–Trinajstić information content (AvgIpc) is 2.49. The molecular weight excluding hydrogens is 252 g/mol. The van der Waals surface area contributed by atoms with Crippen molar-refractivity contribution in [1.29, 1.82) is 0 Å². The van der Waals surface area contributed by atoms with E-state index in [2.05, 4.69) is 6.58 Å². The maximum absolute atomic E-state index is 9.28. The van der Waals surface area contributed by atoms with Gasteiger partial charge in [-0.2, -0.15) is 0 Å². The maximum Gasteiger partial charge on any atom is 0.226 e. The third-order valence-corrected chi connectivity index (χ3v) is 2.74. The zero-order chi connectivity index (χ0) is 14.2. The molecule has 2 rings (SSSR count). The van der Waals surface area contributed by atoms with E-state index in [9.17, 15) is 5.11 Å². The highest BCUT2D eigenvalue weighted by atomic mass is 16.7. The Hall–Kier alpha value is -2.26. The lowest BCUT2D eigenvalue weighted by Crippen LogP contribution is -2.12. The number of hydrogen-bond acceptors (Lipinski definition) is 3. The first kappa shape index (κ1) is 14.2. The molecule has 0 aliphatic heterocycles. The zero-order valence-corrected chi connectivity index (χ0v) is 11.2. The van der Waals surface area contributed by atoms with E-state index in [0.717, 1.165) is 12.0 Å². The Morgan fingerprint density at radius 2 is 1.75 bits per heavy atom. The second-order valence-electron chi connectivity index (χ2n) is 4.30. The van der Waals surface area contributed by atoms with Crippen LogP contribution in [0.25, 0.3) is 0 Å². The van der Waals surface area contributed by atoms with Gasteiger partial charge in [-0.25, -0.2) is 0 Å². The van der Waals surface area contributed by atoms with Crippen LogP contribution in [0.3, 0.4) is 0 Å². The van der Waals surface area contributed by atoms with Crippen molar-refractivity contribution in [3.8, 4) is 11.5 Å². The lowest BCUT2D eigenvalue weighted by atomic mass is 10.2. The molecule has 0 amide bonds. The van der Waals surface area contributed by atoms with Crippen LogP contribution >= 0.6 is 0 Å². The predicted octanol–water partition coefficient (Wildman–Crippen LogP) is 4.06. The molecule has 0 aliphatic rings. The number of phenolic OH excluding ortho intramolecular Hbond substituents is 1. The first-order chi connectivity index (χ1) is 9.79. The molecule has 0 saturated heterocycles. The molecule has 1 atom stereocenters. The second kappa shape index (κ2) is 7.36. The summed E-state index contributed by atoms with van der Waals surface area (Å²) < 4.78 is 11.6. The molecule has 0 saturated carbocycles. The van der Waals surface area contributed by atoms with E-state index < -0.39 is 6.29 Å². The summed E-state index contributed by atoms with van der Waals surface area (Å²) >= 11 is 0. The molecule has 3 nitrogen and oxygen atoms in total. The largest absolute Gasteiger partial charge is 0.508 e. The summed E-state index contributed by atoms with van der Waals surface area (Å²) in [7, 11) is 0. The van der Waals surface area contributed by atoms with Gasteiger partial charge in [0, 0.05) is 5.56 Å². The summed E-state index contributed by atoms with van der Waals surface area (Å²) in [4.78, 5) is 0. The fourth-order valence-corrected chi connectivity index (χ4v) is 1.72. The van der Waals surface area contributed by atoms with Crippen LogP contribution < -0.4 is 4.74 Å². The average molecular weight is 270 g/mol. The van der Waals surface area contributed by atoms with Gasteiger partial charge in [-0.15, -0.1) is 6.58 Å². The highest BCUT2D eigenvalue weighted by Gasteiger charge is 2.13. The van der Waals surface area contributed by atoms with Gasteiger partial charge in [0.05, 0.1) is 6.61 Å². The Kier molecular flexibility index (Phi) is 5.21. The molecule has 0 spiro atoms. The predicted molar refractivity (Wildman–Crippen MR) is 78.7 cm³/mol. The summed E-state index contributed by atoms with van der Waals surface area (Å²) in [6, 6.07) is 16.3. The number of benzene rings is 2. The van der Waals surface area contributed by atoms with E-state index in [4.69, 9.17) is 9.47 Å². The van der Waals surface area contributed by atoms with Gasteiger partial charge in [-0.05, 0) is 30.7 Å². The van der Waals surface area contributed by atoms with E-state index >= 15 is 0 Å². The van der Waals surface area contributed by atoms with Crippen molar-refractivity contribution in [1.82, 2.24) is 0 Å². The minimum atomic E-state index is -0.472. The second-order valence-corrected chi connectivity index (χ2v) is 4.30. The van der Waals surface area contributed by atoms with Gasteiger partial charge in [0.2, 0.25) is 6.29 Å². The molecule has 1 unspecified atom stereocenters. The van der Waals surface area contributed by atoms with Crippen LogP contribution in [-0.2, 0) is 4.74 Å². The Bertz CT molecular complexity index is 520. The lowest BCUT2D eigenvalue weighted by molar-refractivity contribution is -0.0820. The first-order valence-corrected chi connectivity index (χ1v) is 6.53. The van der Waals surface area contributed by atoms with Crippen LogP contribution in [0.1, 0.15) is 18.3 Å². The molecule has 0 aromatic heterocycles. The Labute approximate surface area is 119 Å². The van der Waals surface area contributed by atoms with Gasteiger partial charge in [0.15, 0.2) is 0 Å². The van der Waals surface area contributed by atoms with Gasteiger partial charge >= 0.3 is 0 Å². The van der Waals surface area contributed by atoms with Crippen molar-refractivity contribution in [2.24, 2.45) is 0 Å². The smallest absolute Gasteiger partial charge is 0.226 e. The minimum Gasteiger partial charge on any atom is -0.508 e. The highest BCUT2D eigenvalue weighted by Crippen LogP contribution is 2.24. The topological polar surface area (TPSA) is 38.7 Å². The molecule has 0 aliphatic carbocycles. The van der Waals surface area contributed by atoms with Crippen molar-refractivity contribution in [2.75, 3.05) is 6.61 Å². The van der Waals surface area contributed by atoms with Gasteiger partial charge in [0.1, 0.15) is 11.5 Å². The standard InChI is InChI=1S/C17H18O3/c1-2-3-13-19-17(14-7-5-4-6-8-14)20-16-11-9-15(18)10-12-16/h2,4-12,17-18H,1,3,13H2. The van der Waals surface area contributed by atoms with Gasteiger partial charge in [-0.1, -0.05) is 36.4 Å². The molecule has 1 N–H and O–H groups in total. The molecule has 0 radical (unpaired) electrons. The highest BCUT2D eigenvalue weighted by molar-refractivity contribution is 5.30. The Morgan fingerprint density at radius 3 is 2.40 bits per heavy atom. The van der Waals surface area contributed by atoms with Crippen molar-refractivity contribution in [2.45, 2.75) is 12.7 Å². The van der Waals surface area contributed by atoms with Crippen LogP contribution in [0.5, 0.6) is 11.5 Å². The number of rotatable bonds is 7. The molecular formula is C17H18O3. The third kappa shape index (κ3) is 4.14. The lowest BCUT2D eigenvalue weighted by Gasteiger charge is -2.19. The number of ether oxygens (including phenoxy) is 2. The number of phenols is 1. The van der Waals surface area contributed by atoms with Gasteiger partial charge < -0.3 is 14.6 Å². The van der Waals surface area contributed by atoms with Crippen molar-refractivity contribution < 1.29 is 14.6 Å². The van der Waals surface area contributed by atoms with Crippen LogP contribution in [-0.4, -0.2) is 11.7 Å². The molecule has 104 valence electrons. The normalized spacial score (nSPS) is 11.8. The van der Waals surface area contributed by atoms with E-state index in [1.807, 2.05) is 36.4 Å². The maximum atomic E-state index is 9.28. The van der Waals surface area contributed by atoms with Crippen molar-refractivity contribution >= 4 is 0 Å². The molecule has 0 heterocycles. The van der Waals surface area contributed by atoms with E-state index in [-0.39, 0.29) is 5.75 Å². The quantitative estimate of drug-likeness (QED) is 0.468. The fourth-order valence-electron chi connectivity index (χ4n) is 1.72. The van der Waals surface area contributed by atoms with Gasteiger partial charge in [0.25, 0.3) is 0 Å². The van der Waals surface area contributed by atoms with Crippen LogP contribution in [0.15, 0.2) is 67.3 Å². The molecule has 2 aromatic carbocycles. The number of hydrogen-bond donors (Lipinski definition) is 1. The summed E-state index contributed by atoms with van der Waals surface area (Å²) in [5.74, 6) is 0.858. The summed E-state index contributed by atoms with van der Waals surface area (Å²) in [6.45, 7) is 4.22. The Balaban J connectivity index is 2.09. The molecule has 3 heteroatoms. The van der Waals surface area contributed by atoms with Gasteiger partial charge in [-0.3, -0.25) is 0 Å². The number of aromatic hydroxyl groups is 1. The molecule has 0 bridgehead atoms. The summed E-state index contributed by atoms with van der Waals surface area (Å²) in [5, 5.41) is 9.28. The van der Waals surface area contributed by atoms with E-state index in [1.54, 1.807) is 24.3 Å². The molecule has 2 aromatic rings. The van der Waals surface area contributed by atoms with Crippen LogP contribution in [0.2, 0.25) is 0 Å². The van der Waals surface area contributed by atoms with Crippen molar-refractivity contribution in [3.05, 3.63) is 72.8 Å². The minimum absolute atomic E-state index is 0.209. The SMILES string of the molecule is C=CCCOC(Oc1ccc(O)cc1)c1ccccc1. The van der Waals surface area contributed by atoms with E-state index in [0.29, 0.717) is 12.4 Å². The molecule has 0 fully saturated rings. The monoisotopic (exact) mass is 270 g/mol. The first-order valence-electron chi connectivity index (χ1n) is 6.53. The van der Waals surface area contributed by atoms with Crippen LogP contribution in [0.4, 0.5) is 0 Å². The van der Waals surface area contributed by atoms with Crippen LogP contribution in [0, 0.1) is 0 Å². The van der Waals surface area contributed by atoms with E-state index in [1.165, 1.54) is 0 Å². The zero-order valence-electron chi connectivity index (χ0n) is 11.2. The Morgan fingerprint density at radius 1 is 1.05 bits per heavy atom.